The molecule has 0 saturated heterocycles. The minimum atomic E-state index is -0.827. The van der Waals surface area contributed by atoms with Gasteiger partial charge in [-0.1, -0.05) is 11.6 Å². The molecular weight excluding hydrogens is 330 g/mol. The smallest absolute Gasteiger partial charge is 0.346 e. The van der Waals surface area contributed by atoms with E-state index in [2.05, 4.69) is 27.5 Å². The number of hydrogen-bond acceptors (Lipinski definition) is 6. The van der Waals surface area contributed by atoms with Crippen LogP contribution in [0.25, 0.3) is 0 Å². The molecule has 0 aromatic heterocycles. The fraction of sp³-hybridized carbons (Fsp3) is 0.308. The Bertz CT molecular complexity index is 595. The van der Waals surface area contributed by atoms with Gasteiger partial charge in [0.1, 0.15) is 0 Å². The molecular formula is C13H16ClN3O4S. The lowest BCUT2D eigenvalue weighted by Crippen LogP contribution is -2.25. The summed E-state index contributed by atoms with van der Waals surface area (Å²) in [5, 5.41) is 4.12. The molecule has 1 unspecified atom stereocenters. The van der Waals surface area contributed by atoms with Crippen molar-refractivity contribution in [3.8, 4) is 11.5 Å². The van der Waals surface area contributed by atoms with E-state index in [-0.39, 0.29) is 15.9 Å². The largest absolute Gasteiger partial charge is 0.493 e. The Morgan fingerprint density at radius 3 is 2.73 bits per heavy atom. The van der Waals surface area contributed by atoms with Crippen LogP contribution in [0.15, 0.2) is 17.2 Å². The van der Waals surface area contributed by atoms with Gasteiger partial charge in [0, 0.05) is 0 Å². The van der Waals surface area contributed by atoms with E-state index in [1.54, 1.807) is 19.1 Å². The maximum absolute atomic E-state index is 11.4. The average Bonchev–Trinajstić information content (AvgIpc) is 2.48. The predicted octanol–water partition coefficient (Wildman–Crippen LogP) is 1.46. The summed E-state index contributed by atoms with van der Waals surface area (Å²) in [4.78, 5) is 11.4. The summed E-state index contributed by atoms with van der Waals surface area (Å²) in [5.74, 6) is 0.0611. The number of nitrogens with two attached hydrogens (primary N) is 1. The zero-order chi connectivity index (χ0) is 16.7. The third-order valence-electron chi connectivity index (χ3n) is 2.47. The number of carbonyl (C=O) groups excluding carboxylic acids is 1. The standard InChI is InChI=1S/C13H16ClN3O4S/c1-7(12(18)20-3)21-11-9(14)4-8(5-10(11)19-2)6-16-17-13(15)22/h4-7H,1-3H3,(H3,15,17,22). The zero-order valence-electron chi connectivity index (χ0n) is 12.3. The van der Waals surface area contributed by atoms with Gasteiger partial charge in [-0.2, -0.15) is 5.10 Å². The van der Waals surface area contributed by atoms with Crippen LogP contribution in [-0.2, 0) is 9.53 Å². The molecule has 22 heavy (non-hydrogen) atoms. The molecule has 1 aromatic rings. The van der Waals surface area contributed by atoms with Crippen LogP contribution in [0.3, 0.4) is 0 Å². The maximum atomic E-state index is 11.4. The average molecular weight is 346 g/mol. The highest BCUT2D eigenvalue weighted by Gasteiger charge is 2.20. The van der Waals surface area contributed by atoms with Crippen molar-refractivity contribution in [2.24, 2.45) is 10.8 Å². The Morgan fingerprint density at radius 2 is 2.18 bits per heavy atom. The molecule has 7 nitrogen and oxygen atoms in total. The van der Waals surface area contributed by atoms with Crippen molar-refractivity contribution in [3.63, 3.8) is 0 Å². The number of rotatable bonds is 6. The van der Waals surface area contributed by atoms with Crippen molar-refractivity contribution >= 4 is 41.1 Å². The number of ether oxygens (including phenoxy) is 3. The SMILES string of the molecule is COC(=O)C(C)Oc1c(Cl)cc(C=NNC(N)=S)cc1OC. The molecule has 9 heteroatoms. The number of carbonyl (C=O) groups is 1. The van der Waals surface area contributed by atoms with Gasteiger partial charge < -0.3 is 19.9 Å². The molecule has 0 bridgehead atoms. The highest BCUT2D eigenvalue weighted by atomic mass is 35.5. The monoisotopic (exact) mass is 345 g/mol. The van der Waals surface area contributed by atoms with Gasteiger partial charge in [0.05, 0.1) is 25.5 Å². The summed E-state index contributed by atoms with van der Waals surface area (Å²) in [5.41, 5.74) is 8.31. The third-order valence-corrected chi connectivity index (χ3v) is 2.84. The second-order valence-electron chi connectivity index (χ2n) is 4.05. The molecule has 1 rings (SSSR count). The Morgan fingerprint density at radius 1 is 1.50 bits per heavy atom. The molecule has 0 saturated carbocycles. The van der Waals surface area contributed by atoms with E-state index in [4.69, 9.17) is 26.8 Å². The Kier molecular flexibility index (Phi) is 6.87. The van der Waals surface area contributed by atoms with Gasteiger partial charge >= 0.3 is 5.97 Å². The number of thiocarbonyl (C=S) groups is 1. The number of halogens is 1. The van der Waals surface area contributed by atoms with Crippen LogP contribution in [-0.4, -0.2) is 37.6 Å². The third kappa shape index (κ3) is 5.05. The Hall–Kier alpha value is -2.06. The highest BCUT2D eigenvalue weighted by molar-refractivity contribution is 7.80. The summed E-state index contributed by atoms with van der Waals surface area (Å²) in [7, 11) is 2.73. The molecule has 0 aliphatic heterocycles. The number of nitrogens with one attached hydrogen (secondary N) is 1. The van der Waals surface area contributed by atoms with Crippen LogP contribution in [0.1, 0.15) is 12.5 Å². The van der Waals surface area contributed by atoms with Gasteiger partial charge in [0.2, 0.25) is 0 Å². The number of hydrogen-bond donors (Lipinski definition) is 2. The van der Waals surface area contributed by atoms with E-state index in [0.29, 0.717) is 11.3 Å². The summed E-state index contributed by atoms with van der Waals surface area (Å²) in [6.07, 6.45) is 0.633. The van der Waals surface area contributed by atoms with E-state index >= 15 is 0 Å². The van der Waals surface area contributed by atoms with Crippen molar-refractivity contribution in [1.82, 2.24) is 5.43 Å². The van der Waals surface area contributed by atoms with Crippen LogP contribution in [0.4, 0.5) is 0 Å². The van der Waals surface area contributed by atoms with Crippen molar-refractivity contribution in [2.45, 2.75) is 13.0 Å². The molecule has 0 fully saturated rings. The van der Waals surface area contributed by atoms with Gasteiger partial charge in [-0.15, -0.1) is 0 Å². The van der Waals surface area contributed by atoms with E-state index in [1.807, 2.05) is 0 Å². The minimum absolute atomic E-state index is 0.0427. The molecule has 1 atom stereocenters. The fourth-order valence-corrected chi connectivity index (χ4v) is 1.81. The summed E-state index contributed by atoms with van der Waals surface area (Å²) in [6, 6.07) is 3.23. The predicted molar refractivity (Wildman–Crippen MR) is 87.6 cm³/mol. The second-order valence-corrected chi connectivity index (χ2v) is 4.90. The van der Waals surface area contributed by atoms with Crippen LogP contribution in [0.2, 0.25) is 5.02 Å². The first-order valence-corrected chi connectivity index (χ1v) is 6.88. The minimum Gasteiger partial charge on any atom is -0.493 e. The van der Waals surface area contributed by atoms with Crippen molar-refractivity contribution in [3.05, 3.63) is 22.7 Å². The molecule has 0 aliphatic rings. The normalized spacial score (nSPS) is 11.8. The van der Waals surface area contributed by atoms with Gasteiger partial charge in [-0.05, 0) is 36.8 Å². The number of hydrazone groups is 1. The first-order chi connectivity index (χ1) is 10.4. The van der Waals surface area contributed by atoms with Gasteiger partial charge in [0.25, 0.3) is 0 Å². The van der Waals surface area contributed by atoms with Crippen LogP contribution in [0, 0.1) is 0 Å². The van der Waals surface area contributed by atoms with Crippen molar-refractivity contribution < 1.29 is 19.0 Å². The van der Waals surface area contributed by atoms with Crippen LogP contribution < -0.4 is 20.6 Å². The van der Waals surface area contributed by atoms with Crippen molar-refractivity contribution in [2.75, 3.05) is 14.2 Å². The molecule has 0 heterocycles. The van der Waals surface area contributed by atoms with Gasteiger partial charge in [0.15, 0.2) is 22.7 Å². The first-order valence-electron chi connectivity index (χ1n) is 6.09. The summed E-state index contributed by atoms with van der Waals surface area (Å²) in [6.45, 7) is 1.54. The number of esters is 1. The van der Waals surface area contributed by atoms with E-state index in [9.17, 15) is 4.79 Å². The lowest BCUT2D eigenvalue weighted by atomic mass is 10.2. The fourth-order valence-electron chi connectivity index (χ4n) is 1.49. The lowest BCUT2D eigenvalue weighted by Gasteiger charge is -2.16. The molecule has 3 N–H and O–H groups in total. The maximum Gasteiger partial charge on any atom is 0.346 e. The number of benzene rings is 1. The van der Waals surface area contributed by atoms with Crippen LogP contribution in [0.5, 0.6) is 11.5 Å². The van der Waals surface area contributed by atoms with E-state index in [0.717, 1.165) is 0 Å². The summed E-state index contributed by atoms with van der Waals surface area (Å²) >= 11 is 10.8. The molecule has 0 radical (unpaired) electrons. The van der Waals surface area contributed by atoms with E-state index < -0.39 is 12.1 Å². The van der Waals surface area contributed by atoms with Crippen molar-refractivity contribution in [1.29, 1.82) is 0 Å². The van der Waals surface area contributed by atoms with Gasteiger partial charge in [-0.25, -0.2) is 4.79 Å². The van der Waals surface area contributed by atoms with Gasteiger partial charge in [-0.3, -0.25) is 5.43 Å². The second kappa shape index (κ2) is 8.40. The lowest BCUT2D eigenvalue weighted by molar-refractivity contribution is -0.147. The highest BCUT2D eigenvalue weighted by Crippen LogP contribution is 2.36. The zero-order valence-corrected chi connectivity index (χ0v) is 13.8. The summed E-state index contributed by atoms with van der Waals surface area (Å²) < 4.78 is 15.3. The topological polar surface area (TPSA) is 95.2 Å². The first kappa shape index (κ1) is 18.0. The van der Waals surface area contributed by atoms with E-state index in [1.165, 1.54) is 20.4 Å². The quantitative estimate of drug-likeness (QED) is 0.349. The number of methoxy groups -OCH3 is 2. The number of nitrogens with zero attached hydrogens (tertiary/aromatic N) is 1. The van der Waals surface area contributed by atoms with Crippen LogP contribution >= 0.6 is 23.8 Å². The molecule has 0 aliphatic carbocycles. The molecule has 1 aromatic carbocycles. The molecule has 120 valence electrons. The Balaban J connectivity index is 3.02. The molecule has 0 spiro atoms. The Labute approximate surface area is 138 Å². The molecule has 0 amide bonds.